The van der Waals surface area contributed by atoms with Crippen LogP contribution in [0.5, 0.6) is 5.75 Å². The zero-order chi connectivity index (χ0) is 21.9. The topological polar surface area (TPSA) is 70.7 Å². The second-order valence-corrected chi connectivity index (χ2v) is 8.70. The van der Waals surface area contributed by atoms with Crippen LogP contribution in [-0.4, -0.2) is 49.2 Å². The van der Waals surface area contributed by atoms with Crippen LogP contribution in [0.25, 0.3) is 0 Å². The molecule has 0 saturated heterocycles. The molecule has 1 aromatic rings. The lowest BCUT2D eigenvalue weighted by molar-refractivity contribution is -0.108. The second-order valence-electron chi connectivity index (χ2n) is 7.77. The first-order chi connectivity index (χ1) is 14.5. The number of hydrogen-bond acceptors (Lipinski definition) is 5. The van der Waals surface area contributed by atoms with Gasteiger partial charge in [0.25, 0.3) is 0 Å². The van der Waals surface area contributed by atoms with Crippen LogP contribution in [-0.2, 0) is 4.79 Å². The van der Waals surface area contributed by atoms with Gasteiger partial charge in [0.05, 0.1) is 12.6 Å². The van der Waals surface area contributed by atoms with Crippen LogP contribution >= 0.6 is 11.9 Å². The maximum atomic E-state index is 14.1. The van der Waals surface area contributed by atoms with E-state index in [-0.39, 0.29) is 30.5 Å². The van der Waals surface area contributed by atoms with E-state index in [1.165, 1.54) is 11.0 Å². The van der Waals surface area contributed by atoms with Crippen molar-refractivity contribution in [3.8, 4) is 5.75 Å². The molecule has 6 nitrogen and oxygen atoms in total. The minimum Gasteiger partial charge on any atom is -0.487 e. The van der Waals surface area contributed by atoms with E-state index in [2.05, 4.69) is 17.0 Å². The van der Waals surface area contributed by atoms with E-state index in [0.29, 0.717) is 18.2 Å². The van der Waals surface area contributed by atoms with Crippen LogP contribution in [0.15, 0.2) is 18.2 Å². The van der Waals surface area contributed by atoms with Gasteiger partial charge >= 0.3 is 6.03 Å². The van der Waals surface area contributed by atoms with Crippen molar-refractivity contribution in [2.24, 2.45) is 5.92 Å². The number of carbonyl (C=O) groups is 2. The summed E-state index contributed by atoms with van der Waals surface area (Å²) in [5.74, 6) is 1.51. The molecule has 2 atom stereocenters. The van der Waals surface area contributed by atoms with Crippen LogP contribution in [0.1, 0.15) is 57.6 Å². The molecule has 1 fully saturated rings. The average molecular weight is 440 g/mol. The third-order valence-corrected chi connectivity index (χ3v) is 6.30. The van der Waals surface area contributed by atoms with Gasteiger partial charge in [-0.3, -0.25) is 4.72 Å². The Labute approximate surface area is 183 Å². The minimum absolute atomic E-state index is 0.0539. The van der Waals surface area contributed by atoms with E-state index in [9.17, 15) is 14.0 Å². The van der Waals surface area contributed by atoms with Gasteiger partial charge in [0.2, 0.25) is 0 Å². The first kappa shape index (κ1) is 24.5. The largest absolute Gasteiger partial charge is 0.487 e. The van der Waals surface area contributed by atoms with Gasteiger partial charge in [-0.15, -0.1) is 0 Å². The molecule has 0 radical (unpaired) electrons. The first-order valence-electron chi connectivity index (χ1n) is 10.7. The summed E-state index contributed by atoms with van der Waals surface area (Å²) in [5.41, 5.74) is 0.997. The summed E-state index contributed by atoms with van der Waals surface area (Å²) in [7, 11) is 1.56. The number of halogens is 1. The number of ether oxygens (including phenoxy) is 1. The van der Waals surface area contributed by atoms with Crippen LogP contribution in [0, 0.1) is 11.7 Å². The fraction of sp³-hybridized carbons (Fsp3) is 0.636. The molecule has 1 aromatic carbocycles. The lowest BCUT2D eigenvalue weighted by Gasteiger charge is -2.19. The molecule has 0 bridgehead atoms. The van der Waals surface area contributed by atoms with Gasteiger partial charge in [-0.05, 0) is 63.1 Å². The van der Waals surface area contributed by atoms with Crippen molar-refractivity contribution in [1.82, 2.24) is 14.9 Å². The van der Waals surface area contributed by atoms with E-state index in [1.807, 2.05) is 6.92 Å². The number of unbranched alkanes of at least 4 members (excludes halogenated alkanes) is 2. The summed E-state index contributed by atoms with van der Waals surface area (Å²) >= 11 is 1.64. The van der Waals surface area contributed by atoms with Crippen molar-refractivity contribution < 1.29 is 18.7 Å². The summed E-state index contributed by atoms with van der Waals surface area (Å²) in [6, 6.07) is 4.92. The zero-order valence-electron chi connectivity index (χ0n) is 18.2. The first-order valence-corrected chi connectivity index (χ1v) is 11.7. The molecule has 2 N–H and O–H groups in total. The highest BCUT2D eigenvalue weighted by molar-refractivity contribution is 7.97. The normalized spacial score (nSPS) is 15.3. The van der Waals surface area contributed by atoms with Gasteiger partial charge in [0.15, 0.2) is 11.6 Å². The molecule has 30 heavy (non-hydrogen) atoms. The molecule has 2 unspecified atom stereocenters. The predicted octanol–water partition coefficient (Wildman–Crippen LogP) is 4.31. The van der Waals surface area contributed by atoms with E-state index in [1.54, 1.807) is 31.1 Å². The Bertz CT molecular complexity index is 688. The minimum atomic E-state index is -0.313. The number of benzene rings is 1. The van der Waals surface area contributed by atoms with E-state index >= 15 is 0 Å². The van der Waals surface area contributed by atoms with Crippen LogP contribution in [0.3, 0.4) is 0 Å². The number of carbonyl (C=O) groups excluding carboxylic acids is 2. The number of nitrogens with zero attached hydrogens (tertiary/aromatic N) is 1. The Balaban J connectivity index is 1.66. The van der Waals surface area contributed by atoms with E-state index in [0.717, 1.165) is 49.7 Å². The molecule has 1 saturated carbocycles. The van der Waals surface area contributed by atoms with Crippen molar-refractivity contribution in [2.75, 3.05) is 25.9 Å². The summed E-state index contributed by atoms with van der Waals surface area (Å²) in [4.78, 5) is 23.8. The smallest absolute Gasteiger partial charge is 0.317 e. The number of urea groups is 1. The molecule has 168 valence electrons. The van der Waals surface area contributed by atoms with Crippen LogP contribution in [0.2, 0.25) is 0 Å². The lowest BCUT2D eigenvalue weighted by Crippen LogP contribution is -2.39. The van der Waals surface area contributed by atoms with E-state index < -0.39 is 0 Å². The lowest BCUT2D eigenvalue weighted by atomic mass is 10.1. The highest BCUT2D eigenvalue weighted by Crippen LogP contribution is 2.35. The molecule has 1 aliphatic carbocycles. The molecule has 0 aliphatic heterocycles. The van der Waals surface area contributed by atoms with E-state index in [4.69, 9.17) is 4.74 Å². The Morgan fingerprint density at radius 3 is 2.77 bits per heavy atom. The van der Waals surface area contributed by atoms with Gasteiger partial charge in [-0.1, -0.05) is 24.4 Å². The molecule has 1 aliphatic rings. The summed E-state index contributed by atoms with van der Waals surface area (Å²) in [6.45, 7) is 4.75. The second kappa shape index (κ2) is 12.8. The van der Waals surface area contributed by atoms with Crippen molar-refractivity contribution in [1.29, 1.82) is 0 Å². The summed E-state index contributed by atoms with van der Waals surface area (Å²) < 4.78 is 23.3. The van der Waals surface area contributed by atoms with Gasteiger partial charge in [0, 0.05) is 25.4 Å². The Morgan fingerprint density at radius 2 is 2.10 bits per heavy atom. The summed E-state index contributed by atoms with van der Waals surface area (Å²) in [6.07, 6.45) is 5.96. The van der Waals surface area contributed by atoms with Crippen molar-refractivity contribution in [3.05, 3.63) is 29.6 Å². The van der Waals surface area contributed by atoms with Crippen molar-refractivity contribution in [3.63, 3.8) is 0 Å². The highest BCUT2D eigenvalue weighted by atomic mass is 32.2. The van der Waals surface area contributed by atoms with Gasteiger partial charge in [-0.2, -0.15) is 0 Å². The summed E-state index contributed by atoms with van der Waals surface area (Å²) in [5, 5.41) is 2.55. The average Bonchev–Trinajstić information content (AvgIpc) is 3.58. The molecule has 2 amide bonds. The maximum absolute atomic E-state index is 14.1. The molecule has 0 spiro atoms. The Kier molecular flexibility index (Phi) is 10.4. The van der Waals surface area contributed by atoms with Gasteiger partial charge in [0.1, 0.15) is 6.29 Å². The third-order valence-electron chi connectivity index (χ3n) is 5.28. The third kappa shape index (κ3) is 8.14. The fourth-order valence-electron chi connectivity index (χ4n) is 3.17. The number of rotatable bonds is 14. The van der Waals surface area contributed by atoms with Crippen LogP contribution in [0.4, 0.5) is 9.18 Å². The van der Waals surface area contributed by atoms with Crippen molar-refractivity contribution >= 4 is 24.3 Å². The molecule has 8 heteroatoms. The number of amides is 2. The highest BCUT2D eigenvalue weighted by Gasteiger charge is 2.30. The monoisotopic (exact) mass is 439 g/mol. The quantitative estimate of drug-likeness (QED) is 0.257. The molecule has 2 rings (SSSR count). The van der Waals surface area contributed by atoms with Gasteiger partial charge in [-0.25, -0.2) is 9.18 Å². The van der Waals surface area contributed by atoms with Crippen molar-refractivity contribution in [2.45, 2.75) is 58.1 Å². The standard InChI is InChI=1S/C22H34FN3O3S/c1-16(19-9-10-20(23)21(15-19)29-17(2)18-7-8-18)25-30-14-6-4-5-11-26(12-13-27)22(28)24-3/h9-10,13,15-18,25H,4-8,11-12,14H2,1-3H3,(H,24,28). The number of hydrogen-bond donors (Lipinski definition) is 2. The maximum Gasteiger partial charge on any atom is 0.317 e. The molecular weight excluding hydrogens is 405 g/mol. The molecule has 0 heterocycles. The SMILES string of the molecule is CNC(=O)N(CC=O)CCCCCSNC(C)c1ccc(F)c(OC(C)C2CC2)c1. The Hall–Kier alpha value is -1.80. The Morgan fingerprint density at radius 1 is 1.33 bits per heavy atom. The predicted molar refractivity (Wildman–Crippen MR) is 119 cm³/mol. The number of aldehydes is 1. The number of nitrogens with one attached hydrogen (secondary N) is 2. The fourth-order valence-corrected chi connectivity index (χ4v) is 4.02. The molecular formula is C22H34FN3O3S. The zero-order valence-corrected chi connectivity index (χ0v) is 19.0. The van der Waals surface area contributed by atoms with Crippen LogP contribution < -0.4 is 14.8 Å². The molecule has 0 aromatic heterocycles. The van der Waals surface area contributed by atoms with Gasteiger partial charge < -0.3 is 19.7 Å².